The molecule has 1 aliphatic carbocycles. The monoisotopic (exact) mass is 413 g/mol. The molecule has 1 aliphatic rings. The molecule has 1 N–H and O–H groups in total. The van der Waals surface area contributed by atoms with Gasteiger partial charge in [0.05, 0.1) is 4.47 Å². The van der Waals surface area contributed by atoms with E-state index in [0.717, 1.165) is 14.5 Å². The number of hydrogen-bond donors (Lipinski definition) is 1. The van der Waals surface area contributed by atoms with E-state index in [2.05, 4.69) is 37.2 Å². The van der Waals surface area contributed by atoms with Crippen molar-refractivity contribution >= 4 is 31.9 Å². The molecule has 0 radical (unpaired) electrons. The molecule has 0 heterocycles. The molecule has 1 fully saturated rings. The molecule has 0 atom stereocenters. The molecule has 0 unspecified atom stereocenters. The Hall–Kier alpha value is -0.910. The van der Waals surface area contributed by atoms with Crippen molar-refractivity contribution in [2.45, 2.75) is 25.4 Å². The maximum Gasteiger partial charge on any atom is 0.167 e. The summed E-state index contributed by atoms with van der Waals surface area (Å²) in [5.74, 6) is 0.532. The highest BCUT2D eigenvalue weighted by Gasteiger charge is 2.21. The van der Waals surface area contributed by atoms with Gasteiger partial charge in [-0.1, -0.05) is 28.1 Å². The fourth-order valence-electron chi connectivity index (χ4n) is 2.02. The lowest BCUT2D eigenvalue weighted by Crippen LogP contribution is -2.16. The highest BCUT2D eigenvalue weighted by molar-refractivity contribution is 9.11. The second kappa shape index (κ2) is 6.46. The van der Waals surface area contributed by atoms with Crippen molar-refractivity contribution in [2.24, 2.45) is 0 Å². The Morgan fingerprint density at radius 2 is 2.00 bits per heavy atom. The van der Waals surface area contributed by atoms with Crippen molar-refractivity contribution in [1.82, 2.24) is 5.32 Å². The zero-order valence-electron chi connectivity index (χ0n) is 11.2. The number of rotatable bonds is 5. The van der Waals surface area contributed by atoms with E-state index in [0.29, 0.717) is 18.3 Å². The topological polar surface area (TPSA) is 21.3 Å². The summed E-state index contributed by atoms with van der Waals surface area (Å²) in [4.78, 5) is 0. The van der Waals surface area contributed by atoms with Gasteiger partial charge < -0.3 is 10.1 Å². The van der Waals surface area contributed by atoms with Crippen LogP contribution in [0.1, 0.15) is 18.4 Å². The van der Waals surface area contributed by atoms with Crippen LogP contribution < -0.4 is 10.1 Å². The summed E-state index contributed by atoms with van der Waals surface area (Å²) in [5.41, 5.74) is 0.830. The minimum absolute atomic E-state index is 0.286. The number of para-hydroxylation sites is 1. The van der Waals surface area contributed by atoms with Gasteiger partial charge in [0.1, 0.15) is 5.75 Å². The lowest BCUT2D eigenvalue weighted by Gasteiger charge is -2.14. The van der Waals surface area contributed by atoms with Crippen molar-refractivity contribution < 1.29 is 9.13 Å². The van der Waals surface area contributed by atoms with Crippen LogP contribution >= 0.6 is 31.9 Å². The van der Waals surface area contributed by atoms with Crippen LogP contribution in [0.15, 0.2) is 45.3 Å². The Morgan fingerprint density at radius 1 is 1.19 bits per heavy atom. The van der Waals surface area contributed by atoms with Gasteiger partial charge in [-0.3, -0.25) is 0 Å². The number of ether oxygens (including phenoxy) is 1. The Kier molecular flexibility index (Phi) is 4.62. The van der Waals surface area contributed by atoms with E-state index in [-0.39, 0.29) is 11.6 Å². The molecule has 0 amide bonds. The third-order valence-electron chi connectivity index (χ3n) is 3.31. The molecule has 0 aromatic heterocycles. The molecule has 2 nitrogen and oxygen atoms in total. The van der Waals surface area contributed by atoms with E-state index in [1.165, 1.54) is 18.9 Å². The third kappa shape index (κ3) is 3.84. The highest BCUT2D eigenvalue weighted by Crippen LogP contribution is 2.35. The fourth-order valence-corrected chi connectivity index (χ4v) is 3.14. The third-order valence-corrected chi connectivity index (χ3v) is 4.43. The van der Waals surface area contributed by atoms with Crippen LogP contribution in [0.25, 0.3) is 0 Å². The van der Waals surface area contributed by atoms with Crippen LogP contribution in [0.3, 0.4) is 0 Å². The fraction of sp³-hybridized carbons (Fsp3) is 0.250. The van der Waals surface area contributed by atoms with Gasteiger partial charge in [0.25, 0.3) is 0 Å². The van der Waals surface area contributed by atoms with Crippen LogP contribution in [-0.2, 0) is 6.54 Å². The molecule has 110 valence electrons. The number of halogens is 3. The molecule has 2 aromatic rings. The first-order chi connectivity index (χ1) is 10.1. The van der Waals surface area contributed by atoms with Crippen molar-refractivity contribution in [2.75, 3.05) is 0 Å². The lowest BCUT2D eigenvalue weighted by atomic mass is 10.2. The van der Waals surface area contributed by atoms with Gasteiger partial charge in [-0.2, -0.15) is 0 Å². The maximum absolute atomic E-state index is 14.1. The average Bonchev–Trinajstić information content (AvgIpc) is 3.26. The SMILES string of the molecule is Fc1cccc(CNC2CC2)c1Oc1ccc(Br)cc1Br. The molecule has 1 saturated carbocycles. The molecular weight excluding hydrogens is 401 g/mol. The first-order valence-corrected chi connectivity index (χ1v) is 8.36. The summed E-state index contributed by atoms with van der Waals surface area (Å²) < 4.78 is 21.6. The zero-order valence-corrected chi connectivity index (χ0v) is 14.4. The summed E-state index contributed by atoms with van der Waals surface area (Å²) in [6.45, 7) is 0.617. The summed E-state index contributed by atoms with van der Waals surface area (Å²) >= 11 is 6.82. The van der Waals surface area contributed by atoms with Crippen molar-refractivity contribution in [3.8, 4) is 11.5 Å². The smallest absolute Gasteiger partial charge is 0.167 e. The van der Waals surface area contributed by atoms with Gasteiger partial charge in [-0.15, -0.1) is 0 Å². The Bertz CT molecular complexity index is 659. The standard InChI is InChI=1S/C16H14Br2FNO/c17-11-4-7-15(13(18)8-11)21-16-10(2-1-3-14(16)19)9-20-12-5-6-12/h1-4,7-8,12,20H,5-6,9H2. The number of benzene rings is 2. The highest BCUT2D eigenvalue weighted by atomic mass is 79.9. The number of hydrogen-bond acceptors (Lipinski definition) is 2. The lowest BCUT2D eigenvalue weighted by molar-refractivity contribution is 0.431. The molecule has 0 aliphatic heterocycles. The van der Waals surface area contributed by atoms with Gasteiger partial charge in [-0.25, -0.2) is 4.39 Å². The number of nitrogens with one attached hydrogen (secondary N) is 1. The second-order valence-electron chi connectivity index (χ2n) is 5.06. The van der Waals surface area contributed by atoms with Gasteiger partial charge in [0.2, 0.25) is 0 Å². The van der Waals surface area contributed by atoms with E-state index in [1.54, 1.807) is 12.1 Å². The summed E-state index contributed by atoms with van der Waals surface area (Å²) in [5, 5.41) is 3.38. The summed E-state index contributed by atoms with van der Waals surface area (Å²) in [6.07, 6.45) is 2.40. The average molecular weight is 415 g/mol. The van der Waals surface area contributed by atoms with Crippen LogP contribution in [0.4, 0.5) is 4.39 Å². The molecular formula is C16H14Br2FNO. The minimum Gasteiger partial charge on any atom is -0.453 e. The Labute approximate surface area is 140 Å². The second-order valence-corrected chi connectivity index (χ2v) is 6.83. The predicted molar refractivity (Wildman–Crippen MR) is 88.2 cm³/mol. The van der Waals surface area contributed by atoms with Crippen molar-refractivity contribution in [3.63, 3.8) is 0 Å². The molecule has 3 rings (SSSR count). The van der Waals surface area contributed by atoms with E-state index in [1.807, 2.05) is 18.2 Å². The minimum atomic E-state index is -0.347. The largest absolute Gasteiger partial charge is 0.453 e. The normalized spacial score (nSPS) is 14.2. The van der Waals surface area contributed by atoms with Crippen molar-refractivity contribution in [1.29, 1.82) is 0 Å². The maximum atomic E-state index is 14.1. The molecule has 5 heteroatoms. The van der Waals surface area contributed by atoms with Crippen molar-refractivity contribution in [3.05, 3.63) is 56.7 Å². The zero-order chi connectivity index (χ0) is 14.8. The molecule has 0 spiro atoms. The Balaban J connectivity index is 1.85. The van der Waals surface area contributed by atoms with E-state index >= 15 is 0 Å². The summed E-state index contributed by atoms with van der Waals surface area (Å²) in [6, 6.07) is 11.1. The molecule has 0 bridgehead atoms. The van der Waals surface area contributed by atoms with E-state index in [9.17, 15) is 4.39 Å². The molecule has 0 saturated heterocycles. The predicted octanol–water partition coefficient (Wildman–Crippen LogP) is 5.40. The van der Waals surface area contributed by atoms with Gasteiger partial charge in [0.15, 0.2) is 11.6 Å². The van der Waals surface area contributed by atoms with Crippen LogP contribution in [0, 0.1) is 5.82 Å². The van der Waals surface area contributed by atoms with Crippen LogP contribution in [0.5, 0.6) is 11.5 Å². The quantitative estimate of drug-likeness (QED) is 0.707. The van der Waals surface area contributed by atoms with E-state index in [4.69, 9.17) is 4.74 Å². The van der Waals surface area contributed by atoms with Crippen LogP contribution in [-0.4, -0.2) is 6.04 Å². The van der Waals surface area contributed by atoms with Gasteiger partial charge >= 0.3 is 0 Å². The Morgan fingerprint density at radius 3 is 2.71 bits per heavy atom. The van der Waals surface area contributed by atoms with Crippen LogP contribution in [0.2, 0.25) is 0 Å². The molecule has 2 aromatic carbocycles. The first-order valence-electron chi connectivity index (χ1n) is 6.77. The molecule has 21 heavy (non-hydrogen) atoms. The van der Waals surface area contributed by atoms with Gasteiger partial charge in [-0.05, 0) is 53.0 Å². The van der Waals surface area contributed by atoms with Gasteiger partial charge in [0, 0.05) is 22.6 Å². The van der Waals surface area contributed by atoms with E-state index < -0.39 is 0 Å². The first kappa shape index (κ1) is 15.0. The summed E-state index contributed by atoms with van der Waals surface area (Å²) in [7, 11) is 0.